The minimum Gasteiger partial charge on any atom is -0.245 e. The number of hydrogen-bond donors (Lipinski definition) is 0. The van der Waals surface area contributed by atoms with Crippen LogP contribution in [-0.4, -0.2) is 6.67 Å². The number of alkyl halides is 1. The molecule has 0 unspecified atom stereocenters. The molecule has 0 fully saturated rings. The molecule has 0 atom stereocenters. The molecule has 0 bridgehead atoms. The van der Waals surface area contributed by atoms with E-state index in [0.29, 0.717) is 0 Å². The highest BCUT2D eigenvalue weighted by molar-refractivity contribution is 6.29. The monoisotopic (exact) mass is 108 g/mol. The average molecular weight is 109 g/mol. The summed E-state index contributed by atoms with van der Waals surface area (Å²) in [6.45, 7) is 1.15. The van der Waals surface area contributed by atoms with E-state index in [0.717, 1.165) is 0 Å². The van der Waals surface area contributed by atoms with Gasteiger partial charge >= 0.3 is 0 Å². The molecule has 0 amide bonds. The molecular weight excluding hydrogens is 102 g/mol. The Kier molecular flexibility index (Phi) is 3.14. The van der Waals surface area contributed by atoms with E-state index in [2.05, 4.69) is 0 Å². The van der Waals surface area contributed by atoms with Crippen LogP contribution in [0.15, 0.2) is 11.1 Å². The fourth-order valence-electron chi connectivity index (χ4n) is 0.0772. The molecule has 0 aliphatic carbocycles. The molecule has 2 heteroatoms. The quantitative estimate of drug-likeness (QED) is 0.483. The molecule has 36 valence electrons. The van der Waals surface area contributed by atoms with E-state index in [1.165, 1.54) is 6.08 Å². The van der Waals surface area contributed by atoms with Gasteiger partial charge in [-0.25, -0.2) is 4.39 Å². The summed E-state index contributed by atoms with van der Waals surface area (Å²) in [5, 5.41) is 0.273. The van der Waals surface area contributed by atoms with Crippen molar-refractivity contribution in [2.24, 2.45) is 0 Å². The van der Waals surface area contributed by atoms with Crippen LogP contribution in [0.2, 0.25) is 0 Å². The van der Waals surface area contributed by atoms with Crippen molar-refractivity contribution in [3.8, 4) is 0 Å². The van der Waals surface area contributed by atoms with Crippen molar-refractivity contribution >= 4 is 11.6 Å². The zero-order valence-corrected chi connectivity index (χ0v) is 4.30. The first-order valence-electron chi connectivity index (χ1n) is 1.68. The van der Waals surface area contributed by atoms with Gasteiger partial charge < -0.3 is 0 Å². The lowest BCUT2D eigenvalue weighted by atomic mass is 10.6. The van der Waals surface area contributed by atoms with Crippen LogP contribution >= 0.6 is 11.6 Å². The molecule has 0 aromatic heterocycles. The SMILES string of the molecule is C/C=C(\Cl)CF. The third kappa shape index (κ3) is 2.21. The highest BCUT2D eigenvalue weighted by Crippen LogP contribution is 1.98. The van der Waals surface area contributed by atoms with Gasteiger partial charge in [0.25, 0.3) is 0 Å². The third-order valence-corrected chi connectivity index (χ3v) is 0.760. The van der Waals surface area contributed by atoms with Crippen LogP contribution < -0.4 is 0 Å². The first-order valence-corrected chi connectivity index (χ1v) is 2.05. The van der Waals surface area contributed by atoms with E-state index in [4.69, 9.17) is 11.6 Å². The zero-order chi connectivity index (χ0) is 4.99. The zero-order valence-electron chi connectivity index (χ0n) is 3.54. The van der Waals surface area contributed by atoms with Gasteiger partial charge in [-0.1, -0.05) is 17.7 Å². The van der Waals surface area contributed by atoms with Gasteiger partial charge in [-0.15, -0.1) is 0 Å². The van der Waals surface area contributed by atoms with Gasteiger partial charge in [0.05, 0.1) is 0 Å². The van der Waals surface area contributed by atoms with Gasteiger partial charge in [0, 0.05) is 5.03 Å². The Morgan fingerprint density at radius 3 is 2.50 bits per heavy atom. The van der Waals surface area contributed by atoms with Gasteiger partial charge in [0.2, 0.25) is 0 Å². The summed E-state index contributed by atoms with van der Waals surface area (Å²) in [5.74, 6) is 0. The lowest BCUT2D eigenvalue weighted by Crippen LogP contribution is -1.67. The number of hydrogen-bond acceptors (Lipinski definition) is 0. The van der Waals surface area contributed by atoms with Gasteiger partial charge in [-0.2, -0.15) is 0 Å². The summed E-state index contributed by atoms with van der Waals surface area (Å²) in [5.41, 5.74) is 0. The first-order chi connectivity index (χ1) is 2.81. The summed E-state index contributed by atoms with van der Waals surface area (Å²) in [7, 11) is 0. The Morgan fingerprint density at radius 1 is 2.00 bits per heavy atom. The van der Waals surface area contributed by atoms with Gasteiger partial charge in [-0.3, -0.25) is 0 Å². The molecule has 0 nitrogen and oxygen atoms in total. The van der Waals surface area contributed by atoms with Crippen molar-refractivity contribution < 1.29 is 4.39 Å². The number of halogens is 2. The minimum absolute atomic E-state index is 0.273. The van der Waals surface area contributed by atoms with Crippen molar-refractivity contribution in [1.29, 1.82) is 0 Å². The van der Waals surface area contributed by atoms with Crippen LogP contribution in [0.3, 0.4) is 0 Å². The molecule has 0 saturated heterocycles. The first kappa shape index (κ1) is 5.96. The van der Waals surface area contributed by atoms with E-state index in [1.54, 1.807) is 6.92 Å². The fraction of sp³-hybridized carbons (Fsp3) is 0.500. The normalized spacial score (nSPS) is 12.2. The summed E-state index contributed by atoms with van der Waals surface area (Å²) in [6.07, 6.45) is 1.53. The molecule has 0 rings (SSSR count). The Morgan fingerprint density at radius 2 is 2.50 bits per heavy atom. The maximum atomic E-state index is 11.2. The molecule has 0 saturated carbocycles. The summed E-state index contributed by atoms with van der Waals surface area (Å²) in [4.78, 5) is 0. The third-order valence-electron chi connectivity index (χ3n) is 0.441. The Labute approximate surface area is 41.6 Å². The standard InChI is InChI=1S/C4H6ClF/c1-2-4(5)3-6/h2H,3H2,1H3/b4-2-. The summed E-state index contributed by atoms with van der Waals surface area (Å²) >= 11 is 5.14. The summed E-state index contributed by atoms with van der Waals surface area (Å²) in [6, 6.07) is 0. The van der Waals surface area contributed by atoms with Crippen LogP contribution in [0.25, 0.3) is 0 Å². The predicted octanol–water partition coefficient (Wildman–Crippen LogP) is 2.10. The van der Waals surface area contributed by atoms with Crippen LogP contribution in [-0.2, 0) is 0 Å². The molecular formula is C4H6ClF. The average Bonchev–Trinajstić information content (AvgIpc) is 1.65. The second-order valence-electron chi connectivity index (χ2n) is 0.869. The van der Waals surface area contributed by atoms with Crippen LogP contribution in [0.1, 0.15) is 6.92 Å². The van der Waals surface area contributed by atoms with E-state index in [9.17, 15) is 4.39 Å². The van der Waals surface area contributed by atoms with Gasteiger partial charge in [0.15, 0.2) is 0 Å². The van der Waals surface area contributed by atoms with Gasteiger partial charge in [-0.05, 0) is 6.92 Å². The lowest BCUT2D eigenvalue weighted by Gasteiger charge is -1.78. The smallest absolute Gasteiger partial charge is 0.125 e. The number of rotatable bonds is 1. The van der Waals surface area contributed by atoms with Crippen LogP contribution in [0.4, 0.5) is 4.39 Å². The number of allylic oxidation sites excluding steroid dienone is 2. The van der Waals surface area contributed by atoms with Crippen molar-refractivity contribution in [3.05, 3.63) is 11.1 Å². The highest BCUT2D eigenvalue weighted by Gasteiger charge is 1.80. The van der Waals surface area contributed by atoms with Crippen molar-refractivity contribution in [3.63, 3.8) is 0 Å². The van der Waals surface area contributed by atoms with Crippen molar-refractivity contribution in [2.75, 3.05) is 6.67 Å². The highest BCUT2D eigenvalue weighted by atomic mass is 35.5. The topological polar surface area (TPSA) is 0 Å². The molecule has 0 N–H and O–H groups in total. The fourth-order valence-corrected chi connectivity index (χ4v) is 0.0772. The van der Waals surface area contributed by atoms with E-state index in [-0.39, 0.29) is 5.03 Å². The molecule has 0 radical (unpaired) electrons. The lowest BCUT2D eigenvalue weighted by molar-refractivity contribution is 0.555. The van der Waals surface area contributed by atoms with Crippen LogP contribution in [0, 0.1) is 0 Å². The predicted molar refractivity (Wildman–Crippen MR) is 25.6 cm³/mol. The van der Waals surface area contributed by atoms with E-state index in [1.807, 2.05) is 0 Å². The second-order valence-corrected chi connectivity index (χ2v) is 1.35. The molecule has 0 heterocycles. The second kappa shape index (κ2) is 3.16. The molecule has 0 aliphatic heterocycles. The molecule has 0 aromatic rings. The maximum absolute atomic E-state index is 11.2. The summed E-state index contributed by atoms with van der Waals surface area (Å²) < 4.78 is 11.2. The molecule has 0 aromatic carbocycles. The maximum Gasteiger partial charge on any atom is 0.125 e. The van der Waals surface area contributed by atoms with Gasteiger partial charge in [0.1, 0.15) is 6.67 Å². The van der Waals surface area contributed by atoms with Crippen molar-refractivity contribution in [1.82, 2.24) is 0 Å². The Bertz CT molecular complexity index is 58.6. The Balaban J connectivity index is 3.22. The molecule has 6 heavy (non-hydrogen) atoms. The van der Waals surface area contributed by atoms with E-state index < -0.39 is 6.67 Å². The Hall–Kier alpha value is -0.0400. The van der Waals surface area contributed by atoms with Crippen molar-refractivity contribution in [2.45, 2.75) is 6.92 Å². The van der Waals surface area contributed by atoms with E-state index >= 15 is 0 Å². The molecule has 0 aliphatic rings. The largest absolute Gasteiger partial charge is 0.245 e. The van der Waals surface area contributed by atoms with Crippen LogP contribution in [0.5, 0.6) is 0 Å². The minimum atomic E-state index is -0.544. The molecule has 0 spiro atoms.